The van der Waals surface area contributed by atoms with Gasteiger partial charge in [-0.3, -0.25) is 4.79 Å². The molecule has 1 aromatic heterocycles. The van der Waals surface area contributed by atoms with Gasteiger partial charge < -0.3 is 4.74 Å². The van der Waals surface area contributed by atoms with Crippen molar-refractivity contribution in [1.29, 1.82) is 0 Å². The van der Waals surface area contributed by atoms with E-state index < -0.39 is 0 Å². The highest BCUT2D eigenvalue weighted by atomic mass is 16.5. The summed E-state index contributed by atoms with van der Waals surface area (Å²) in [7, 11) is 0. The third kappa shape index (κ3) is 2.40. The largest absolute Gasteiger partial charge is 0.487 e. The van der Waals surface area contributed by atoms with Crippen LogP contribution in [-0.4, -0.2) is 10.2 Å². The molecule has 0 radical (unpaired) electrons. The van der Waals surface area contributed by atoms with Crippen molar-refractivity contribution in [2.45, 2.75) is 13.5 Å². The number of rotatable bonds is 3. The molecule has 3 aromatic rings. The predicted molar refractivity (Wildman–Crippen MR) is 77.9 cm³/mol. The van der Waals surface area contributed by atoms with Crippen LogP contribution in [0.3, 0.4) is 0 Å². The molecule has 20 heavy (non-hydrogen) atoms. The lowest BCUT2D eigenvalue weighted by Crippen LogP contribution is -2.12. The summed E-state index contributed by atoms with van der Waals surface area (Å²) in [6.07, 6.45) is 0. The van der Waals surface area contributed by atoms with Gasteiger partial charge >= 0.3 is 0 Å². The number of nitrogens with one attached hydrogen (secondary N) is 1. The summed E-state index contributed by atoms with van der Waals surface area (Å²) in [6.45, 7) is 2.31. The van der Waals surface area contributed by atoms with Crippen LogP contribution in [-0.2, 0) is 6.61 Å². The molecule has 0 saturated heterocycles. The van der Waals surface area contributed by atoms with Gasteiger partial charge in [0.2, 0.25) is 0 Å². The maximum Gasteiger partial charge on any atom is 0.272 e. The first kappa shape index (κ1) is 12.4. The molecule has 0 aliphatic rings. The lowest BCUT2D eigenvalue weighted by molar-refractivity contribution is 0.301. The quantitative estimate of drug-likeness (QED) is 0.793. The first-order valence-electron chi connectivity index (χ1n) is 6.40. The van der Waals surface area contributed by atoms with E-state index in [0.29, 0.717) is 12.0 Å². The highest BCUT2D eigenvalue weighted by Gasteiger charge is 2.07. The summed E-state index contributed by atoms with van der Waals surface area (Å²) in [5, 5.41) is 8.09. The molecule has 0 unspecified atom stereocenters. The fourth-order valence-electron chi connectivity index (χ4n) is 2.11. The van der Waals surface area contributed by atoms with Crippen molar-refractivity contribution in [2.24, 2.45) is 0 Å². The molecule has 1 N–H and O–H groups in total. The Morgan fingerprint density at radius 3 is 2.70 bits per heavy atom. The molecule has 2 aromatic carbocycles. The van der Waals surface area contributed by atoms with Gasteiger partial charge in [0, 0.05) is 5.39 Å². The van der Waals surface area contributed by atoms with E-state index in [-0.39, 0.29) is 5.56 Å². The Labute approximate surface area is 116 Å². The minimum absolute atomic E-state index is 0.177. The van der Waals surface area contributed by atoms with E-state index in [2.05, 4.69) is 10.2 Å². The molecular weight excluding hydrogens is 252 g/mol. The third-order valence-electron chi connectivity index (χ3n) is 3.14. The van der Waals surface area contributed by atoms with Crippen LogP contribution in [0, 0.1) is 6.92 Å². The second-order valence-corrected chi connectivity index (χ2v) is 4.65. The smallest absolute Gasteiger partial charge is 0.272 e. The number of nitrogens with zero attached hydrogens (tertiary/aromatic N) is 1. The number of H-pyrrole nitrogens is 1. The third-order valence-corrected chi connectivity index (χ3v) is 3.14. The maximum absolute atomic E-state index is 11.8. The van der Waals surface area contributed by atoms with Gasteiger partial charge in [-0.1, -0.05) is 29.8 Å². The van der Waals surface area contributed by atoms with Gasteiger partial charge in [0.15, 0.2) is 0 Å². The highest BCUT2D eigenvalue weighted by molar-refractivity contribution is 5.84. The van der Waals surface area contributed by atoms with Gasteiger partial charge in [-0.05, 0) is 31.2 Å². The van der Waals surface area contributed by atoms with E-state index in [9.17, 15) is 4.79 Å². The summed E-state index contributed by atoms with van der Waals surface area (Å²) in [6, 6.07) is 15.2. The molecule has 0 fully saturated rings. The van der Waals surface area contributed by atoms with Gasteiger partial charge in [-0.15, -0.1) is 0 Å². The number of hydrogen-bond donors (Lipinski definition) is 1. The van der Waals surface area contributed by atoms with E-state index in [4.69, 9.17) is 4.74 Å². The van der Waals surface area contributed by atoms with Crippen molar-refractivity contribution in [3.05, 3.63) is 70.1 Å². The fraction of sp³-hybridized carbons (Fsp3) is 0.125. The first-order valence-corrected chi connectivity index (χ1v) is 6.40. The molecule has 3 rings (SSSR count). The van der Waals surface area contributed by atoms with Crippen molar-refractivity contribution >= 4 is 10.8 Å². The standard InChI is InChI=1S/C16H14N2O2/c1-11-7-8-13-14(9-11)15(17-18-16(13)19)10-20-12-5-3-2-4-6-12/h2-9H,10H2,1H3,(H,18,19). The van der Waals surface area contributed by atoms with E-state index in [1.807, 2.05) is 55.5 Å². The summed E-state index contributed by atoms with van der Waals surface area (Å²) in [5.74, 6) is 0.779. The Hall–Kier alpha value is -2.62. The second kappa shape index (κ2) is 5.17. The van der Waals surface area contributed by atoms with Gasteiger partial charge in [-0.2, -0.15) is 5.10 Å². The Balaban J connectivity index is 1.97. The molecule has 4 nitrogen and oxygen atoms in total. The molecule has 0 spiro atoms. The average molecular weight is 266 g/mol. The van der Waals surface area contributed by atoms with Crippen LogP contribution in [0.5, 0.6) is 5.75 Å². The molecule has 0 saturated carbocycles. The normalized spacial score (nSPS) is 10.7. The van der Waals surface area contributed by atoms with Gasteiger partial charge in [0.1, 0.15) is 18.1 Å². The molecule has 0 aliphatic heterocycles. The van der Waals surface area contributed by atoms with Crippen LogP contribution in [0.2, 0.25) is 0 Å². The average Bonchev–Trinajstić information content (AvgIpc) is 2.47. The van der Waals surface area contributed by atoms with E-state index in [0.717, 1.165) is 22.4 Å². The van der Waals surface area contributed by atoms with Gasteiger partial charge in [0.05, 0.1) is 5.39 Å². The molecule has 0 atom stereocenters. The lowest BCUT2D eigenvalue weighted by Gasteiger charge is -2.08. The SMILES string of the molecule is Cc1ccc2c(=O)[nH]nc(COc3ccccc3)c2c1. The van der Waals surface area contributed by atoms with E-state index in [1.165, 1.54) is 0 Å². The predicted octanol–water partition coefficient (Wildman–Crippen LogP) is 2.81. The van der Waals surface area contributed by atoms with Crippen molar-refractivity contribution in [2.75, 3.05) is 0 Å². The van der Waals surface area contributed by atoms with Crippen molar-refractivity contribution in [3.8, 4) is 5.75 Å². The Kier molecular flexibility index (Phi) is 3.21. The molecule has 0 bridgehead atoms. The van der Waals surface area contributed by atoms with Gasteiger partial charge in [0.25, 0.3) is 5.56 Å². The Morgan fingerprint density at radius 2 is 1.90 bits per heavy atom. The topological polar surface area (TPSA) is 55.0 Å². The summed E-state index contributed by atoms with van der Waals surface area (Å²) < 4.78 is 5.70. The fourth-order valence-corrected chi connectivity index (χ4v) is 2.11. The number of aromatic nitrogens is 2. The zero-order valence-electron chi connectivity index (χ0n) is 11.1. The number of benzene rings is 2. The zero-order chi connectivity index (χ0) is 13.9. The maximum atomic E-state index is 11.8. The van der Waals surface area contributed by atoms with Crippen molar-refractivity contribution in [1.82, 2.24) is 10.2 Å². The number of fused-ring (bicyclic) bond motifs is 1. The molecule has 0 aliphatic carbocycles. The number of para-hydroxylation sites is 1. The Morgan fingerprint density at radius 1 is 1.10 bits per heavy atom. The van der Waals surface area contributed by atoms with E-state index >= 15 is 0 Å². The lowest BCUT2D eigenvalue weighted by atomic mass is 10.1. The van der Waals surface area contributed by atoms with Crippen LogP contribution in [0.4, 0.5) is 0 Å². The minimum atomic E-state index is -0.177. The van der Waals surface area contributed by atoms with Crippen LogP contribution >= 0.6 is 0 Å². The van der Waals surface area contributed by atoms with Crippen LogP contribution in [0.15, 0.2) is 53.3 Å². The summed E-state index contributed by atoms with van der Waals surface area (Å²) >= 11 is 0. The molecule has 0 amide bonds. The molecule has 100 valence electrons. The first-order chi connectivity index (χ1) is 9.74. The number of hydrogen-bond acceptors (Lipinski definition) is 3. The second-order valence-electron chi connectivity index (χ2n) is 4.65. The molecular formula is C16H14N2O2. The Bertz CT molecular complexity index is 794. The minimum Gasteiger partial charge on any atom is -0.487 e. The number of aryl methyl sites for hydroxylation is 1. The van der Waals surface area contributed by atoms with Crippen LogP contribution in [0.25, 0.3) is 10.8 Å². The summed E-state index contributed by atoms with van der Waals surface area (Å²) in [4.78, 5) is 11.8. The van der Waals surface area contributed by atoms with Crippen molar-refractivity contribution in [3.63, 3.8) is 0 Å². The van der Waals surface area contributed by atoms with Crippen molar-refractivity contribution < 1.29 is 4.74 Å². The van der Waals surface area contributed by atoms with Gasteiger partial charge in [-0.25, -0.2) is 5.10 Å². The van der Waals surface area contributed by atoms with Crippen LogP contribution < -0.4 is 10.3 Å². The number of ether oxygens (including phenoxy) is 1. The van der Waals surface area contributed by atoms with Crippen LogP contribution in [0.1, 0.15) is 11.3 Å². The number of aromatic amines is 1. The highest BCUT2D eigenvalue weighted by Crippen LogP contribution is 2.17. The zero-order valence-corrected chi connectivity index (χ0v) is 11.1. The monoisotopic (exact) mass is 266 g/mol. The van der Waals surface area contributed by atoms with E-state index in [1.54, 1.807) is 0 Å². The summed E-state index contributed by atoms with van der Waals surface area (Å²) in [5.41, 5.74) is 1.64. The molecule has 1 heterocycles. The molecule has 4 heteroatoms.